The molecule has 1 rings (SSSR count). The molecule has 12 heavy (non-hydrogen) atoms. The predicted octanol–water partition coefficient (Wildman–Crippen LogP) is -2.14. The van der Waals surface area contributed by atoms with Crippen molar-refractivity contribution >= 4 is 0 Å². The average Bonchev–Trinajstić information content (AvgIpc) is 2.10. The Morgan fingerprint density at radius 2 is 1.25 bits per heavy atom. The lowest BCUT2D eigenvalue weighted by molar-refractivity contribution is 0.298. The van der Waals surface area contributed by atoms with Crippen molar-refractivity contribution in [1.29, 1.82) is 0 Å². The van der Waals surface area contributed by atoms with Gasteiger partial charge in [-0.3, -0.25) is 9.59 Å². The molecule has 0 saturated heterocycles. The summed E-state index contributed by atoms with van der Waals surface area (Å²) in [5.74, 6) is 0. The Morgan fingerprint density at radius 3 is 1.50 bits per heavy atom. The summed E-state index contributed by atoms with van der Waals surface area (Å²) in [4.78, 5) is 21.7. The third kappa shape index (κ3) is 1.09. The van der Waals surface area contributed by atoms with E-state index >= 15 is 0 Å². The summed E-state index contributed by atoms with van der Waals surface area (Å²) in [5.41, 5.74) is -1.99. The molecule has 0 radical (unpaired) electrons. The highest BCUT2D eigenvalue weighted by atomic mass is 16.4. The largest absolute Gasteiger partial charge is 0.410 e. The summed E-state index contributed by atoms with van der Waals surface area (Å²) >= 11 is 0. The summed E-state index contributed by atoms with van der Waals surface area (Å²) in [7, 11) is 0. The van der Waals surface area contributed by atoms with Crippen molar-refractivity contribution in [2.75, 3.05) is 0 Å². The Kier molecular flexibility index (Phi) is 2.00. The highest BCUT2D eigenvalue weighted by molar-refractivity contribution is 5.01. The first-order valence-corrected chi connectivity index (χ1v) is 2.92. The Labute approximate surface area is 65.0 Å². The van der Waals surface area contributed by atoms with Gasteiger partial charge in [-0.25, -0.2) is 0 Å². The predicted molar refractivity (Wildman–Crippen MR) is 36.1 cm³/mol. The summed E-state index contributed by atoms with van der Waals surface area (Å²) in [6.45, 7) is 0. The molecule has 0 aliphatic carbocycles. The second-order valence-corrected chi connectivity index (χ2v) is 1.96. The van der Waals surface area contributed by atoms with Crippen molar-refractivity contribution in [2.24, 2.45) is 10.3 Å². The molecule has 1 aromatic rings. The fourth-order valence-electron chi connectivity index (χ4n) is 0.699. The topological polar surface area (TPSA) is 99.3 Å². The van der Waals surface area contributed by atoms with Crippen LogP contribution in [-0.2, 0) is 0 Å². The van der Waals surface area contributed by atoms with Crippen molar-refractivity contribution < 1.29 is 10.4 Å². The lowest BCUT2D eigenvalue weighted by Gasteiger charge is -1.79. The fraction of sp³-hybridized carbons (Fsp3) is 0. The van der Waals surface area contributed by atoms with Gasteiger partial charge in [-0.1, -0.05) is 10.3 Å². The molecule has 0 unspecified atom stereocenters. The maximum atomic E-state index is 10.8. The fourth-order valence-corrected chi connectivity index (χ4v) is 0.699. The van der Waals surface area contributed by atoms with Gasteiger partial charge in [0.15, 0.2) is 10.7 Å². The molecule has 2 N–H and O–H groups in total. The molecule has 0 saturated carbocycles. The molecule has 6 heteroatoms. The zero-order chi connectivity index (χ0) is 9.14. The molecule has 0 amide bonds. The van der Waals surface area contributed by atoms with E-state index < -0.39 is 10.9 Å². The van der Waals surface area contributed by atoms with Gasteiger partial charge in [-0.05, 0) is 12.1 Å². The van der Waals surface area contributed by atoms with Gasteiger partial charge in [0.1, 0.15) is 0 Å². The van der Waals surface area contributed by atoms with Crippen molar-refractivity contribution in [1.82, 2.24) is 0 Å². The lowest BCUT2D eigenvalue weighted by Crippen LogP contribution is -2.46. The summed E-state index contributed by atoms with van der Waals surface area (Å²) in [6, 6.07) is 2.16. The first kappa shape index (κ1) is 8.12. The third-order valence-corrected chi connectivity index (χ3v) is 1.29. The van der Waals surface area contributed by atoms with Crippen LogP contribution in [0, 0.1) is 0 Å². The maximum absolute atomic E-state index is 10.8. The van der Waals surface area contributed by atoms with Crippen LogP contribution in [0.3, 0.4) is 0 Å². The Hall–Kier alpha value is -1.98. The van der Waals surface area contributed by atoms with Crippen LogP contribution in [0.1, 0.15) is 0 Å². The minimum Gasteiger partial charge on any atom is -0.410 e. The second-order valence-electron chi connectivity index (χ2n) is 1.96. The van der Waals surface area contributed by atoms with E-state index in [9.17, 15) is 9.59 Å². The maximum Gasteiger partial charge on any atom is 0.256 e. The van der Waals surface area contributed by atoms with E-state index in [0.29, 0.717) is 0 Å². The van der Waals surface area contributed by atoms with Crippen molar-refractivity contribution in [3.05, 3.63) is 43.3 Å². The minimum atomic E-state index is -0.993. The smallest absolute Gasteiger partial charge is 0.256 e. The standard InChI is InChI=1S/C6H4N2O4/c9-5-3(7-11)1-2-4(8-12)6(5)10/h1-2,11-12H. The molecular weight excluding hydrogens is 164 g/mol. The average molecular weight is 168 g/mol. The number of hydrogen-bond acceptors (Lipinski definition) is 6. The Morgan fingerprint density at radius 1 is 0.917 bits per heavy atom. The molecule has 0 bridgehead atoms. The quantitative estimate of drug-likeness (QED) is 0.262. The van der Waals surface area contributed by atoms with Gasteiger partial charge >= 0.3 is 0 Å². The third-order valence-electron chi connectivity index (χ3n) is 1.29. The van der Waals surface area contributed by atoms with Gasteiger partial charge in [0.2, 0.25) is 0 Å². The molecule has 62 valence electrons. The van der Waals surface area contributed by atoms with Crippen LogP contribution in [-0.4, -0.2) is 10.4 Å². The number of nitrogens with zero attached hydrogens (tertiary/aromatic N) is 2. The Bertz CT molecular complexity index is 449. The van der Waals surface area contributed by atoms with Crippen molar-refractivity contribution in [3.63, 3.8) is 0 Å². The molecule has 0 fully saturated rings. The van der Waals surface area contributed by atoms with E-state index in [1.807, 2.05) is 0 Å². The van der Waals surface area contributed by atoms with Crippen LogP contribution in [0.5, 0.6) is 0 Å². The summed E-state index contributed by atoms with van der Waals surface area (Å²) in [6.07, 6.45) is 0. The second kappa shape index (κ2) is 2.95. The summed E-state index contributed by atoms with van der Waals surface area (Å²) < 4.78 is 0. The number of rotatable bonds is 0. The Balaban J connectivity index is 3.90. The minimum absolute atomic E-state index is 0.368. The van der Waals surface area contributed by atoms with Gasteiger partial charge in [0.05, 0.1) is 0 Å². The molecule has 0 aliphatic heterocycles. The van der Waals surface area contributed by atoms with E-state index in [0.717, 1.165) is 12.1 Å². The van der Waals surface area contributed by atoms with Crippen LogP contribution >= 0.6 is 0 Å². The molecule has 1 aromatic carbocycles. The molecule has 6 nitrogen and oxygen atoms in total. The van der Waals surface area contributed by atoms with E-state index in [1.54, 1.807) is 0 Å². The molecule has 0 aliphatic rings. The normalized spacial score (nSPS) is 13.7. The van der Waals surface area contributed by atoms with E-state index in [-0.39, 0.29) is 10.7 Å². The van der Waals surface area contributed by atoms with Crippen molar-refractivity contribution in [3.8, 4) is 0 Å². The highest BCUT2D eigenvalue weighted by Gasteiger charge is 1.99. The van der Waals surface area contributed by atoms with Crippen LogP contribution in [0.2, 0.25) is 0 Å². The summed E-state index contributed by atoms with van der Waals surface area (Å²) in [5, 5.41) is 20.8. The SMILES string of the molecule is O=c1c(=NO)ccc(=NO)c1=O. The molecule has 0 aromatic heterocycles. The molecule has 0 atom stereocenters. The van der Waals surface area contributed by atoms with Crippen LogP contribution in [0.15, 0.2) is 32.0 Å². The van der Waals surface area contributed by atoms with Gasteiger partial charge in [0.25, 0.3) is 10.9 Å². The first-order valence-electron chi connectivity index (χ1n) is 2.92. The first-order chi connectivity index (χ1) is 5.70. The molecule has 0 spiro atoms. The van der Waals surface area contributed by atoms with E-state index in [4.69, 9.17) is 10.4 Å². The van der Waals surface area contributed by atoms with Gasteiger partial charge < -0.3 is 10.4 Å². The van der Waals surface area contributed by atoms with Crippen LogP contribution in [0.25, 0.3) is 0 Å². The number of hydrogen-bond donors (Lipinski definition) is 2. The van der Waals surface area contributed by atoms with E-state index in [2.05, 4.69) is 10.3 Å². The van der Waals surface area contributed by atoms with Gasteiger partial charge in [-0.15, -0.1) is 0 Å². The van der Waals surface area contributed by atoms with E-state index in [1.165, 1.54) is 0 Å². The van der Waals surface area contributed by atoms with Crippen molar-refractivity contribution in [2.45, 2.75) is 0 Å². The zero-order valence-corrected chi connectivity index (χ0v) is 5.76. The lowest BCUT2D eigenvalue weighted by atomic mass is 10.3. The molecular formula is C6H4N2O4. The van der Waals surface area contributed by atoms with Crippen LogP contribution in [0.4, 0.5) is 0 Å². The molecule has 0 heterocycles. The highest BCUT2D eigenvalue weighted by Crippen LogP contribution is 1.55. The van der Waals surface area contributed by atoms with Gasteiger partial charge in [0, 0.05) is 0 Å². The zero-order valence-electron chi connectivity index (χ0n) is 5.76. The monoisotopic (exact) mass is 168 g/mol. The number of benzene rings is 1. The van der Waals surface area contributed by atoms with Crippen LogP contribution < -0.4 is 21.6 Å². The van der Waals surface area contributed by atoms with Gasteiger partial charge in [-0.2, -0.15) is 0 Å².